The Bertz CT molecular complexity index is 347. The zero-order valence-corrected chi connectivity index (χ0v) is 12.9. The minimum absolute atomic E-state index is 0.478. The highest BCUT2D eigenvalue weighted by Gasteiger charge is 2.29. The van der Waals surface area contributed by atoms with E-state index in [-0.39, 0.29) is 0 Å². The highest BCUT2D eigenvalue weighted by atomic mass is 32.1. The smallest absolute Gasteiger partial charge is 0.0469 e. The van der Waals surface area contributed by atoms with Crippen molar-refractivity contribution in [1.82, 2.24) is 4.90 Å². The summed E-state index contributed by atoms with van der Waals surface area (Å²) in [6, 6.07) is 5.35. The standard InChI is InChI=1S/C15H26N2OS/c1-12(2)17(11-14-4-3-9-19-14)15(10-16)13-5-7-18-8-6-13/h3-4,9,12-13,15H,5-8,10-11,16H2,1-2H3. The number of rotatable bonds is 6. The van der Waals surface area contributed by atoms with Crippen molar-refractivity contribution in [2.75, 3.05) is 19.8 Å². The Morgan fingerprint density at radius 3 is 2.68 bits per heavy atom. The van der Waals surface area contributed by atoms with Gasteiger partial charge in [0.1, 0.15) is 0 Å². The molecule has 2 rings (SSSR count). The van der Waals surface area contributed by atoms with Crippen molar-refractivity contribution < 1.29 is 4.74 Å². The topological polar surface area (TPSA) is 38.5 Å². The molecule has 0 saturated carbocycles. The maximum absolute atomic E-state index is 6.09. The number of ether oxygens (including phenoxy) is 1. The third-order valence-corrected chi connectivity index (χ3v) is 4.92. The first-order valence-corrected chi connectivity index (χ1v) is 8.16. The molecule has 0 aliphatic carbocycles. The van der Waals surface area contributed by atoms with Gasteiger partial charge in [-0.3, -0.25) is 4.90 Å². The number of hydrogen-bond acceptors (Lipinski definition) is 4. The summed E-state index contributed by atoms with van der Waals surface area (Å²) in [5.41, 5.74) is 6.09. The Hall–Kier alpha value is -0.420. The van der Waals surface area contributed by atoms with Gasteiger partial charge in [0.05, 0.1) is 0 Å². The van der Waals surface area contributed by atoms with Gasteiger partial charge in [-0.2, -0.15) is 0 Å². The minimum atomic E-state index is 0.478. The van der Waals surface area contributed by atoms with Crippen LogP contribution in [0.2, 0.25) is 0 Å². The van der Waals surface area contributed by atoms with Crippen LogP contribution >= 0.6 is 11.3 Å². The van der Waals surface area contributed by atoms with Gasteiger partial charge in [-0.05, 0) is 44.1 Å². The van der Waals surface area contributed by atoms with Gasteiger partial charge >= 0.3 is 0 Å². The van der Waals surface area contributed by atoms with E-state index in [4.69, 9.17) is 10.5 Å². The average Bonchev–Trinajstić information content (AvgIpc) is 2.92. The molecule has 1 unspecified atom stereocenters. The second kappa shape index (κ2) is 7.39. The quantitative estimate of drug-likeness (QED) is 0.872. The van der Waals surface area contributed by atoms with Crippen LogP contribution in [0.15, 0.2) is 17.5 Å². The van der Waals surface area contributed by atoms with Crippen LogP contribution in [0.1, 0.15) is 31.6 Å². The Morgan fingerprint density at radius 1 is 1.42 bits per heavy atom. The van der Waals surface area contributed by atoms with Crippen LogP contribution in [0.4, 0.5) is 0 Å². The minimum Gasteiger partial charge on any atom is -0.381 e. The lowest BCUT2D eigenvalue weighted by molar-refractivity contribution is 0.0163. The van der Waals surface area contributed by atoms with Crippen LogP contribution in [-0.4, -0.2) is 36.7 Å². The lowest BCUT2D eigenvalue weighted by atomic mass is 9.90. The summed E-state index contributed by atoms with van der Waals surface area (Å²) >= 11 is 1.84. The maximum atomic E-state index is 6.09. The van der Waals surface area contributed by atoms with Crippen molar-refractivity contribution in [3.8, 4) is 0 Å². The van der Waals surface area contributed by atoms with E-state index in [9.17, 15) is 0 Å². The fourth-order valence-corrected chi connectivity index (χ4v) is 3.68. The molecule has 1 aliphatic rings. The molecule has 0 radical (unpaired) electrons. The Kier molecular flexibility index (Phi) is 5.82. The molecule has 2 N–H and O–H groups in total. The van der Waals surface area contributed by atoms with Crippen molar-refractivity contribution in [3.63, 3.8) is 0 Å². The highest BCUT2D eigenvalue weighted by Crippen LogP contribution is 2.26. The van der Waals surface area contributed by atoms with E-state index < -0.39 is 0 Å². The van der Waals surface area contributed by atoms with Crippen molar-refractivity contribution in [2.24, 2.45) is 11.7 Å². The lowest BCUT2D eigenvalue weighted by Crippen LogP contribution is -2.49. The average molecular weight is 282 g/mol. The molecule has 1 saturated heterocycles. The summed E-state index contributed by atoms with van der Waals surface area (Å²) in [5, 5.41) is 2.15. The van der Waals surface area contributed by atoms with Crippen molar-refractivity contribution >= 4 is 11.3 Å². The van der Waals surface area contributed by atoms with Gasteiger partial charge in [-0.1, -0.05) is 6.07 Å². The van der Waals surface area contributed by atoms with E-state index in [1.165, 1.54) is 4.88 Å². The summed E-state index contributed by atoms with van der Waals surface area (Å²) in [5.74, 6) is 0.682. The first kappa shape index (κ1) is 15.0. The van der Waals surface area contributed by atoms with E-state index in [0.29, 0.717) is 18.0 Å². The molecule has 108 valence electrons. The molecule has 1 aliphatic heterocycles. The second-order valence-corrected chi connectivity index (χ2v) is 6.63. The number of hydrogen-bond donors (Lipinski definition) is 1. The zero-order chi connectivity index (χ0) is 13.7. The molecule has 0 spiro atoms. The molecule has 0 bridgehead atoms. The fourth-order valence-electron chi connectivity index (χ4n) is 2.96. The lowest BCUT2D eigenvalue weighted by Gasteiger charge is -2.40. The third-order valence-electron chi connectivity index (χ3n) is 4.06. The normalized spacial score (nSPS) is 19.2. The van der Waals surface area contributed by atoms with Crippen LogP contribution in [0.3, 0.4) is 0 Å². The summed E-state index contributed by atoms with van der Waals surface area (Å²) < 4.78 is 5.48. The summed E-state index contributed by atoms with van der Waals surface area (Å²) in [4.78, 5) is 4.00. The van der Waals surface area contributed by atoms with Crippen LogP contribution in [0.5, 0.6) is 0 Å². The molecule has 0 aromatic carbocycles. The highest BCUT2D eigenvalue weighted by molar-refractivity contribution is 7.09. The Labute approximate surface area is 120 Å². The summed E-state index contributed by atoms with van der Waals surface area (Å²) in [6.07, 6.45) is 2.30. The predicted octanol–water partition coefficient (Wildman–Crippen LogP) is 2.71. The van der Waals surface area contributed by atoms with Crippen LogP contribution in [0, 0.1) is 5.92 Å². The van der Waals surface area contributed by atoms with E-state index in [2.05, 4.69) is 36.3 Å². The van der Waals surface area contributed by atoms with Gasteiger partial charge in [-0.15, -0.1) is 11.3 Å². The molecule has 0 amide bonds. The van der Waals surface area contributed by atoms with Gasteiger partial charge < -0.3 is 10.5 Å². The van der Waals surface area contributed by atoms with E-state index >= 15 is 0 Å². The van der Waals surface area contributed by atoms with Gasteiger partial charge in [0.25, 0.3) is 0 Å². The number of nitrogens with two attached hydrogens (primary N) is 1. The second-order valence-electron chi connectivity index (χ2n) is 5.60. The van der Waals surface area contributed by atoms with E-state index in [0.717, 1.165) is 39.1 Å². The Balaban J connectivity index is 2.06. The third kappa shape index (κ3) is 4.02. The van der Waals surface area contributed by atoms with Gasteiger partial charge in [-0.25, -0.2) is 0 Å². The van der Waals surface area contributed by atoms with Crippen molar-refractivity contribution in [1.29, 1.82) is 0 Å². The van der Waals surface area contributed by atoms with E-state index in [1.54, 1.807) is 0 Å². The predicted molar refractivity (Wildman–Crippen MR) is 81.4 cm³/mol. The number of nitrogens with zero attached hydrogens (tertiary/aromatic N) is 1. The monoisotopic (exact) mass is 282 g/mol. The van der Waals surface area contributed by atoms with Gasteiger partial charge in [0, 0.05) is 43.3 Å². The SMILES string of the molecule is CC(C)N(Cc1cccs1)C(CN)C1CCOCC1. The van der Waals surface area contributed by atoms with Crippen LogP contribution in [-0.2, 0) is 11.3 Å². The first-order chi connectivity index (χ1) is 9.22. The maximum Gasteiger partial charge on any atom is 0.0469 e. The Morgan fingerprint density at radius 2 is 2.16 bits per heavy atom. The first-order valence-electron chi connectivity index (χ1n) is 7.28. The number of thiophene rings is 1. The van der Waals surface area contributed by atoms with Gasteiger partial charge in [0.2, 0.25) is 0 Å². The zero-order valence-electron chi connectivity index (χ0n) is 12.0. The molecule has 4 heteroatoms. The summed E-state index contributed by atoms with van der Waals surface area (Å²) in [6.45, 7) is 8.10. The molecular formula is C15H26N2OS. The van der Waals surface area contributed by atoms with Crippen molar-refractivity contribution in [3.05, 3.63) is 22.4 Å². The molecule has 1 aromatic heterocycles. The molecule has 1 fully saturated rings. The molecule has 1 atom stereocenters. The van der Waals surface area contributed by atoms with E-state index in [1.807, 2.05) is 11.3 Å². The van der Waals surface area contributed by atoms with Crippen LogP contribution in [0.25, 0.3) is 0 Å². The van der Waals surface area contributed by atoms with Crippen LogP contribution < -0.4 is 5.73 Å². The fraction of sp³-hybridized carbons (Fsp3) is 0.733. The molecule has 2 heterocycles. The molecular weight excluding hydrogens is 256 g/mol. The molecule has 3 nitrogen and oxygen atoms in total. The largest absolute Gasteiger partial charge is 0.381 e. The van der Waals surface area contributed by atoms with Crippen molar-refractivity contribution in [2.45, 2.75) is 45.3 Å². The molecule has 1 aromatic rings. The molecule has 19 heavy (non-hydrogen) atoms. The van der Waals surface area contributed by atoms with Gasteiger partial charge in [0.15, 0.2) is 0 Å². The summed E-state index contributed by atoms with van der Waals surface area (Å²) in [7, 11) is 0.